The van der Waals surface area contributed by atoms with E-state index in [0.29, 0.717) is 18.4 Å². The molecule has 0 saturated carbocycles. The van der Waals surface area contributed by atoms with Crippen molar-refractivity contribution in [2.45, 2.75) is 169 Å². The average molecular weight is 550 g/mol. The van der Waals surface area contributed by atoms with E-state index in [1.807, 2.05) is 13.8 Å². The highest BCUT2D eigenvalue weighted by molar-refractivity contribution is 7.47. The van der Waals surface area contributed by atoms with Gasteiger partial charge in [0.2, 0.25) is 0 Å². The van der Waals surface area contributed by atoms with Crippen molar-refractivity contribution in [1.29, 1.82) is 0 Å². The quantitative estimate of drug-likeness (QED) is 0.0786. The van der Waals surface area contributed by atoms with Crippen LogP contribution in [0.25, 0.3) is 0 Å². The van der Waals surface area contributed by atoms with Crippen LogP contribution in [0, 0.1) is 11.8 Å². The maximum Gasteiger partial charge on any atom is 0.472 e. The minimum absolute atomic E-state index is 0.275. The minimum atomic E-state index is -3.85. The van der Waals surface area contributed by atoms with Gasteiger partial charge in [0, 0.05) is 0 Å². The average Bonchev–Trinajstić information content (AvgIpc) is 2.86. The van der Waals surface area contributed by atoms with E-state index >= 15 is 0 Å². The number of unbranched alkanes of at least 4 members (excludes halogenated alkanes) is 16. The van der Waals surface area contributed by atoms with Gasteiger partial charge in [0.1, 0.15) is 0 Å². The number of hydrogen-bond donors (Lipinski definition) is 2. The first-order chi connectivity index (χ1) is 17.8. The lowest BCUT2D eigenvalue weighted by atomic mass is 10.0. The predicted octanol–water partition coefficient (Wildman–Crippen LogP) is 10.6. The van der Waals surface area contributed by atoms with Gasteiger partial charge in [0.15, 0.2) is 0 Å². The van der Waals surface area contributed by atoms with E-state index in [2.05, 4.69) is 20.8 Å². The summed E-state index contributed by atoms with van der Waals surface area (Å²) in [6.45, 7) is 12.1. The smallest absolute Gasteiger partial charge is 0.330 e. The summed E-state index contributed by atoms with van der Waals surface area (Å²) in [7, 11) is -3.85. The maximum atomic E-state index is 11.6. The summed E-state index contributed by atoms with van der Waals surface area (Å²) >= 11 is 0. The number of hydrogen-bond acceptors (Lipinski definition) is 4. The molecule has 0 aliphatic carbocycles. The van der Waals surface area contributed by atoms with Gasteiger partial charge in [-0.2, -0.15) is 0 Å². The molecule has 0 aliphatic rings. The molecule has 6 heteroatoms. The molecule has 5 nitrogen and oxygen atoms in total. The number of phosphoric ester groups is 1. The third kappa shape index (κ3) is 34.0. The van der Waals surface area contributed by atoms with Crippen molar-refractivity contribution in [2.24, 2.45) is 17.6 Å². The molecule has 0 bridgehead atoms. The van der Waals surface area contributed by atoms with Crippen LogP contribution >= 0.6 is 7.82 Å². The fourth-order valence-electron chi connectivity index (χ4n) is 4.23. The van der Waals surface area contributed by atoms with Gasteiger partial charge >= 0.3 is 7.82 Å². The van der Waals surface area contributed by atoms with Gasteiger partial charge in [0.05, 0.1) is 13.2 Å². The van der Waals surface area contributed by atoms with Crippen molar-refractivity contribution >= 4 is 7.82 Å². The summed E-state index contributed by atoms with van der Waals surface area (Å²) in [5, 5.41) is 0. The zero-order valence-electron chi connectivity index (χ0n) is 25.8. The molecule has 0 aliphatic heterocycles. The Hall–Kier alpha value is 0.0700. The van der Waals surface area contributed by atoms with Crippen LogP contribution in [0.5, 0.6) is 0 Å². The normalized spacial score (nSPS) is 13.8. The number of rotatable bonds is 27. The van der Waals surface area contributed by atoms with Crippen LogP contribution in [-0.4, -0.2) is 24.7 Å². The van der Waals surface area contributed by atoms with Crippen molar-refractivity contribution in [2.75, 3.05) is 19.8 Å². The molecule has 2 atom stereocenters. The zero-order chi connectivity index (χ0) is 28.0. The Balaban J connectivity index is 0. The van der Waals surface area contributed by atoms with Gasteiger partial charge in [-0.1, -0.05) is 150 Å². The lowest BCUT2D eigenvalue weighted by Crippen LogP contribution is -2.09. The van der Waals surface area contributed by atoms with Crippen molar-refractivity contribution in [3.63, 3.8) is 0 Å². The second-order valence-corrected chi connectivity index (χ2v) is 12.7. The summed E-state index contributed by atoms with van der Waals surface area (Å²) < 4.78 is 21.6. The van der Waals surface area contributed by atoms with Crippen LogP contribution in [0.2, 0.25) is 0 Å². The van der Waals surface area contributed by atoms with Gasteiger partial charge in [-0.3, -0.25) is 9.05 Å². The predicted molar refractivity (Wildman–Crippen MR) is 163 cm³/mol. The van der Waals surface area contributed by atoms with Crippen molar-refractivity contribution < 1.29 is 18.5 Å². The molecule has 0 rings (SSSR count). The summed E-state index contributed by atoms with van der Waals surface area (Å²) in [5.74, 6) is 0.803. The topological polar surface area (TPSA) is 81.8 Å². The van der Waals surface area contributed by atoms with Crippen LogP contribution in [0.1, 0.15) is 169 Å². The van der Waals surface area contributed by atoms with Gasteiger partial charge in [0.25, 0.3) is 0 Å². The van der Waals surface area contributed by atoms with Crippen molar-refractivity contribution in [3.05, 3.63) is 0 Å². The molecular formula is C31H68NO4P. The second-order valence-electron chi connectivity index (χ2n) is 11.3. The standard InChI is InChI=1S/C18H39N.C13H29O4P/c1-2-3-4-5-6-7-8-9-10-11-12-13-14-15-16-17-18-19;1-5-7-8-13(6-2)11-17-18(14,15)16-10-9-12(3)4/h2-19H2,1H3;12-13H,5-11H2,1-4H3,(H,14,15). The minimum Gasteiger partial charge on any atom is -0.330 e. The highest BCUT2D eigenvalue weighted by Crippen LogP contribution is 2.44. The molecular weight excluding hydrogens is 481 g/mol. The monoisotopic (exact) mass is 549 g/mol. The molecule has 37 heavy (non-hydrogen) atoms. The molecule has 0 aromatic heterocycles. The van der Waals surface area contributed by atoms with Crippen LogP contribution in [0.4, 0.5) is 0 Å². The molecule has 3 N–H and O–H groups in total. The highest BCUT2D eigenvalue weighted by Gasteiger charge is 2.22. The largest absolute Gasteiger partial charge is 0.472 e. The van der Waals surface area contributed by atoms with Gasteiger partial charge in [-0.15, -0.1) is 0 Å². The van der Waals surface area contributed by atoms with Crippen LogP contribution in [0.15, 0.2) is 0 Å². The molecule has 0 fully saturated rings. The first-order valence-electron chi connectivity index (χ1n) is 16.1. The Labute approximate surface area is 233 Å². The molecule has 0 aromatic carbocycles. The SMILES string of the molecule is CCCCC(CC)COP(=O)(O)OCCC(C)C.CCCCCCCCCCCCCCCCCCN. The van der Waals surface area contributed by atoms with Gasteiger partial charge in [-0.05, 0) is 37.6 Å². The van der Waals surface area contributed by atoms with E-state index in [1.54, 1.807) is 0 Å². The van der Waals surface area contributed by atoms with E-state index in [-0.39, 0.29) is 6.61 Å². The summed E-state index contributed by atoms with van der Waals surface area (Å²) in [5.41, 5.74) is 5.48. The first kappa shape index (κ1) is 39.2. The van der Waals surface area contributed by atoms with E-state index in [9.17, 15) is 9.46 Å². The van der Waals surface area contributed by atoms with Crippen molar-refractivity contribution in [1.82, 2.24) is 0 Å². The van der Waals surface area contributed by atoms with Crippen LogP contribution in [-0.2, 0) is 13.6 Å². The number of nitrogens with two attached hydrogens (primary N) is 1. The highest BCUT2D eigenvalue weighted by atomic mass is 31.2. The third-order valence-corrected chi connectivity index (χ3v) is 8.01. The Morgan fingerprint density at radius 2 is 1.08 bits per heavy atom. The lowest BCUT2D eigenvalue weighted by Gasteiger charge is -2.17. The molecule has 0 heterocycles. The first-order valence-corrected chi connectivity index (χ1v) is 17.6. The molecule has 0 spiro atoms. The fourth-order valence-corrected chi connectivity index (χ4v) is 5.04. The molecule has 0 amide bonds. The van der Waals surface area contributed by atoms with Crippen molar-refractivity contribution in [3.8, 4) is 0 Å². The van der Waals surface area contributed by atoms with E-state index in [4.69, 9.17) is 14.8 Å². The number of phosphoric acid groups is 1. The zero-order valence-corrected chi connectivity index (χ0v) is 26.7. The maximum absolute atomic E-state index is 11.6. The van der Waals surface area contributed by atoms with Crippen LogP contribution < -0.4 is 5.73 Å². The van der Waals surface area contributed by atoms with E-state index in [1.165, 1.54) is 103 Å². The van der Waals surface area contributed by atoms with Gasteiger partial charge in [-0.25, -0.2) is 4.57 Å². The molecule has 0 saturated heterocycles. The summed E-state index contributed by atoms with van der Waals surface area (Å²) in [6, 6.07) is 0. The Morgan fingerprint density at radius 1 is 0.649 bits per heavy atom. The Bertz CT molecular complexity index is 460. The third-order valence-electron chi connectivity index (χ3n) is 7.02. The lowest BCUT2D eigenvalue weighted by molar-refractivity contribution is 0.123. The Morgan fingerprint density at radius 3 is 1.46 bits per heavy atom. The molecule has 226 valence electrons. The second kappa shape index (κ2) is 30.6. The molecule has 0 radical (unpaired) electrons. The summed E-state index contributed by atoms with van der Waals surface area (Å²) in [6.07, 6.45) is 27.9. The van der Waals surface area contributed by atoms with E-state index < -0.39 is 7.82 Å². The Kier molecular flexibility index (Phi) is 32.4. The fraction of sp³-hybridized carbons (Fsp3) is 1.00. The summed E-state index contributed by atoms with van der Waals surface area (Å²) in [4.78, 5) is 9.51. The van der Waals surface area contributed by atoms with Gasteiger partial charge < -0.3 is 10.6 Å². The molecule has 0 aromatic rings. The van der Waals surface area contributed by atoms with Crippen LogP contribution in [0.3, 0.4) is 0 Å². The molecule has 2 unspecified atom stereocenters. The van der Waals surface area contributed by atoms with E-state index in [0.717, 1.165) is 38.6 Å².